The van der Waals surface area contributed by atoms with Crippen LogP contribution < -0.4 is 16.0 Å². The quantitative estimate of drug-likeness (QED) is 0.777. The van der Waals surface area contributed by atoms with Crippen LogP contribution in [0.5, 0.6) is 0 Å². The van der Waals surface area contributed by atoms with Gasteiger partial charge in [-0.15, -0.1) is 0 Å². The molecule has 20 heavy (non-hydrogen) atoms. The Labute approximate surface area is 121 Å². The van der Waals surface area contributed by atoms with Crippen molar-refractivity contribution in [2.45, 2.75) is 51.6 Å². The van der Waals surface area contributed by atoms with E-state index in [1.165, 1.54) is 11.3 Å². The summed E-state index contributed by atoms with van der Waals surface area (Å²) in [7, 11) is 0. The summed E-state index contributed by atoms with van der Waals surface area (Å²) in [5.74, 6) is 0. The maximum atomic E-state index is 11.8. The third-order valence-electron chi connectivity index (χ3n) is 3.37. The minimum Gasteiger partial charge on any atom is -0.380 e. The molecule has 4 nitrogen and oxygen atoms in total. The standard InChI is InChI=1S/C16H25N3O/c1-16(2,3)19-15(20)17-11-13-9-6-8-12-7-4-5-10-14(12)18-13/h4-5,7,10,13,18H,6,8-9,11H2,1-3H3,(H2,17,19,20). The fourth-order valence-corrected chi connectivity index (χ4v) is 2.46. The number of fused-ring (bicyclic) bond motifs is 1. The molecular weight excluding hydrogens is 250 g/mol. The predicted molar refractivity (Wildman–Crippen MR) is 83.1 cm³/mol. The molecule has 0 saturated carbocycles. The zero-order valence-electron chi connectivity index (χ0n) is 12.6. The maximum Gasteiger partial charge on any atom is 0.315 e. The van der Waals surface area contributed by atoms with E-state index in [0.29, 0.717) is 12.6 Å². The second-order valence-electron chi connectivity index (χ2n) is 6.48. The average Bonchev–Trinajstić information content (AvgIpc) is 2.56. The molecule has 1 unspecified atom stereocenters. The number of carbonyl (C=O) groups excluding carboxylic acids is 1. The van der Waals surface area contributed by atoms with Crippen LogP contribution in [0.15, 0.2) is 24.3 Å². The summed E-state index contributed by atoms with van der Waals surface area (Å²) in [6.45, 7) is 6.59. The first-order valence-corrected chi connectivity index (χ1v) is 7.34. The summed E-state index contributed by atoms with van der Waals surface area (Å²) in [4.78, 5) is 11.8. The Bertz CT molecular complexity index is 465. The first kappa shape index (κ1) is 14.7. The van der Waals surface area contributed by atoms with Gasteiger partial charge < -0.3 is 16.0 Å². The van der Waals surface area contributed by atoms with Gasteiger partial charge in [0.1, 0.15) is 0 Å². The van der Waals surface area contributed by atoms with Crippen molar-refractivity contribution in [2.24, 2.45) is 0 Å². The third kappa shape index (κ3) is 4.44. The topological polar surface area (TPSA) is 53.2 Å². The van der Waals surface area contributed by atoms with Crippen LogP contribution in [0.3, 0.4) is 0 Å². The molecule has 1 aromatic rings. The van der Waals surface area contributed by atoms with Crippen LogP contribution in [-0.4, -0.2) is 24.2 Å². The molecule has 0 spiro atoms. The Balaban J connectivity index is 1.87. The number of nitrogens with one attached hydrogen (secondary N) is 3. The largest absolute Gasteiger partial charge is 0.380 e. The monoisotopic (exact) mass is 275 g/mol. The van der Waals surface area contributed by atoms with Crippen molar-refractivity contribution in [1.82, 2.24) is 10.6 Å². The van der Waals surface area contributed by atoms with Gasteiger partial charge in [-0.05, 0) is 51.7 Å². The summed E-state index contributed by atoms with van der Waals surface area (Å²) in [6, 6.07) is 8.61. The van der Waals surface area contributed by atoms with Crippen LogP contribution in [0.25, 0.3) is 0 Å². The molecule has 4 heteroatoms. The van der Waals surface area contributed by atoms with Gasteiger partial charge in [0.2, 0.25) is 0 Å². The van der Waals surface area contributed by atoms with Gasteiger partial charge in [0.25, 0.3) is 0 Å². The summed E-state index contributed by atoms with van der Waals surface area (Å²) in [5.41, 5.74) is 2.37. The van der Waals surface area contributed by atoms with E-state index in [-0.39, 0.29) is 11.6 Å². The third-order valence-corrected chi connectivity index (χ3v) is 3.37. The number of amides is 2. The molecule has 1 aliphatic rings. The minimum atomic E-state index is -0.201. The second-order valence-corrected chi connectivity index (χ2v) is 6.48. The van der Waals surface area contributed by atoms with Crippen LogP contribution >= 0.6 is 0 Å². The lowest BCUT2D eigenvalue weighted by Gasteiger charge is -2.23. The molecule has 0 aromatic heterocycles. The zero-order valence-corrected chi connectivity index (χ0v) is 12.6. The highest BCUT2D eigenvalue weighted by atomic mass is 16.2. The number of anilines is 1. The molecule has 2 amide bonds. The molecule has 1 aromatic carbocycles. The second kappa shape index (κ2) is 6.16. The summed E-state index contributed by atoms with van der Waals surface area (Å²) < 4.78 is 0. The number of aryl methyl sites for hydroxylation is 1. The molecule has 0 fully saturated rings. The molecule has 0 saturated heterocycles. The van der Waals surface area contributed by atoms with Crippen LogP contribution in [-0.2, 0) is 6.42 Å². The summed E-state index contributed by atoms with van der Waals surface area (Å²) in [5, 5.41) is 9.41. The summed E-state index contributed by atoms with van der Waals surface area (Å²) >= 11 is 0. The van der Waals surface area contributed by atoms with Gasteiger partial charge in [-0.1, -0.05) is 18.2 Å². The lowest BCUT2D eigenvalue weighted by Crippen LogP contribution is -2.48. The molecule has 0 aliphatic carbocycles. The highest BCUT2D eigenvalue weighted by Crippen LogP contribution is 2.23. The van der Waals surface area contributed by atoms with E-state index >= 15 is 0 Å². The van der Waals surface area contributed by atoms with Gasteiger partial charge >= 0.3 is 6.03 Å². The lowest BCUT2D eigenvalue weighted by molar-refractivity contribution is 0.231. The Morgan fingerprint density at radius 1 is 1.35 bits per heavy atom. The number of hydrogen-bond acceptors (Lipinski definition) is 2. The van der Waals surface area contributed by atoms with Gasteiger partial charge in [-0.2, -0.15) is 0 Å². The Morgan fingerprint density at radius 2 is 2.10 bits per heavy atom. The number of para-hydroxylation sites is 1. The number of hydrogen-bond donors (Lipinski definition) is 3. The fraction of sp³-hybridized carbons (Fsp3) is 0.562. The van der Waals surface area contributed by atoms with E-state index in [9.17, 15) is 4.79 Å². The zero-order chi connectivity index (χ0) is 14.6. The molecule has 0 radical (unpaired) electrons. The number of urea groups is 1. The Kier molecular flexibility index (Phi) is 4.53. The summed E-state index contributed by atoms with van der Waals surface area (Å²) in [6.07, 6.45) is 3.33. The van der Waals surface area contributed by atoms with Crippen molar-refractivity contribution in [3.05, 3.63) is 29.8 Å². The SMILES string of the molecule is CC(C)(C)NC(=O)NCC1CCCc2ccccc2N1. The highest BCUT2D eigenvalue weighted by molar-refractivity contribution is 5.74. The van der Waals surface area contributed by atoms with E-state index in [4.69, 9.17) is 0 Å². The maximum absolute atomic E-state index is 11.8. The van der Waals surface area contributed by atoms with E-state index in [1.54, 1.807) is 0 Å². The Hall–Kier alpha value is -1.71. The number of benzene rings is 1. The molecule has 1 heterocycles. The smallest absolute Gasteiger partial charge is 0.315 e. The van der Waals surface area contributed by atoms with Gasteiger partial charge in [-0.3, -0.25) is 0 Å². The van der Waals surface area contributed by atoms with E-state index in [2.05, 4.69) is 34.1 Å². The highest BCUT2D eigenvalue weighted by Gasteiger charge is 2.17. The normalized spacial score (nSPS) is 18.4. The molecule has 1 aliphatic heterocycles. The molecule has 0 bridgehead atoms. The van der Waals surface area contributed by atoms with Gasteiger partial charge in [-0.25, -0.2) is 4.79 Å². The van der Waals surface area contributed by atoms with Gasteiger partial charge in [0, 0.05) is 23.8 Å². The van der Waals surface area contributed by atoms with E-state index in [1.807, 2.05) is 26.8 Å². The van der Waals surface area contributed by atoms with E-state index < -0.39 is 0 Å². The van der Waals surface area contributed by atoms with Crippen molar-refractivity contribution >= 4 is 11.7 Å². The van der Waals surface area contributed by atoms with Crippen molar-refractivity contribution in [3.63, 3.8) is 0 Å². The number of rotatable bonds is 2. The van der Waals surface area contributed by atoms with E-state index in [0.717, 1.165) is 19.3 Å². The minimum absolute atomic E-state index is 0.100. The van der Waals surface area contributed by atoms with Crippen molar-refractivity contribution in [1.29, 1.82) is 0 Å². The Morgan fingerprint density at radius 3 is 2.85 bits per heavy atom. The van der Waals surface area contributed by atoms with Crippen LogP contribution in [0.1, 0.15) is 39.2 Å². The first-order valence-electron chi connectivity index (χ1n) is 7.34. The van der Waals surface area contributed by atoms with Crippen LogP contribution in [0, 0.1) is 0 Å². The average molecular weight is 275 g/mol. The molecule has 110 valence electrons. The van der Waals surface area contributed by atoms with Gasteiger partial charge in [0.05, 0.1) is 0 Å². The molecule has 1 atom stereocenters. The predicted octanol–water partition coefficient (Wildman–Crippen LogP) is 2.90. The van der Waals surface area contributed by atoms with Crippen LogP contribution in [0.4, 0.5) is 10.5 Å². The lowest BCUT2D eigenvalue weighted by atomic mass is 10.1. The molecule has 2 rings (SSSR count). The molecule has 3 N–H and O–H groups in total. The number of carbonyl (C=O) groups is 1. The first-order chi connectivity index (χ1) is 9.44. The van der Waals surface area contributed by atoms with Crippen molar-refractivity contribution < 1.29 is 4.79 Å². The van der Waals surface area contributed by atoms with Gasteiger partial charge in [0.15, 0.2) is 0 Å². The van der Waals surface area contributed by atoms with Crippen molar-refractivity contribution in [2.75, 3.05) is 11.9 Å². The van der Waals surface area contributed by atoms with Crippen LogP contribution in [0.2, 0.25) is 0 Å². The van der Waals surface area contributed by atoms with Crippen molar-refractivity contribution in [3.8, 4) is 0 Å². The molecular formula is C16H25N3O. The fourth-order valence-electron chi connectivity index (χ4n) is 2.46.